The second-order valence-corrected chi connectivity index (χ2v) is 5.76. The topological polar surface area (TPSA) is 84.9 Å². The minimum Gasteiger partial charge on any atom is -0.469 e. The summed E-state index contributed by atoms with van der Waals surface area (Å²) in [7, 11) is 1.35. The van der Waals surface area contributed by atoms with Gasteiger partial charge < -0.3 is 19.9 Å². The van der Waals surface area contributed by atoms with Crippen molar-refractivity contribution in [2.75, 3.05) is 20.3 Å². The second kappa shape index (κ2) is 17.0. The first kappa shape index (κ1) is 23.2. The highest BCUT2D eigenvalue weighted by Crippen LogP contribution is 2.04. The smallest absolute Gasteiger partial charge is 0.407 e. The summed E-state index contributed by atoms with van der Waals surface area (Å²) in [5.74, 6) is -0.251. The summed E-state index contributed by atoms with van der Waals surface area (Å²) in [6.45, 7) is 2.92. The predicted molar refractivity (Wildman–Crippen MR) is 98.3 cm³/mol. The van der Waals surface area contributed by atoms with Crippen LogP contribution in [0.5, 0.6) is 0 Å². The van der Waals surface area contributed by atoms with Gasteiger partial charge in [-0.25, -0.2) is 4.79 Å². The van der Waals surface area contributed by atoms with Gasteiger partial charge in [0.05, 0.1) is 19.8 Å². The van der Waals surface area contributed by atoms with Gasteiger partial charge in [-0.2, -0.15) is 0 Å². The molecular formula is C19H33NO5. The number of hydrogen-bond acceptors (Lipinski definition) is 5. The van der Waals surface area contributed by atoms with Gasteiger partial charge in [-0.15, -0.1) is 0 Å². The number of amides is 1. The van der Waals surface area contributed by atoms with Crippen LogP contribution in [-0.4, -0.2) is 43.5 Å². The molecule has 144 valence electrons. The van der Waals surface area contributed by atoms with E-state index >= 15 is 0 Å². The standard InChI is InChI=1S/C19H33NO5/c1-3-4-7-12-17(21)13-8-5-6-10-15-20-19(23)25-16-11-9-14-18(22)24-2/h5-6,8,13,17,21H,3-4,7,9-12,14-16H2,1-2H3,(H,20,23)/b6-5-,13-8+/t17-/m0/s1. The molecule has 1 atom stereocenters. The molecule has 0 heterocycles. The van der Waals surface area contributed by atoms with E-state index in [4.69, 9.17) is 4.74 Å². The summed E-state index contributed by atoms with van der Waals surface area (Å²) >= 11 is 0. The average Bonchev–Trinajstić information content (AvgIpc) is 2.60. The third-order valence-corrected chi connectivity index (χ3v) is 3.50. The molecule has 0 aliphatic heterocycles. The zero-order valence-electron chi connectivity index (χ0n) is 15.5. The van der Waals surface area contributed by atoms with Crippen LogP contribution >= 0.6 is 0 Å². The molecule has 0 saturated carbocycles. The highest BCUT2D eigenvalue weighted by molar-refractivity contribution is 5.69. The van der Waals surface area contributed by atoms with Crippen LogP contribution in [0.3, 0.4) is 0 Å². The van der Waals surface area contributed by atoms with E-state index in [2.05, 4.69) is 17.0 Å². The summed E-state index contributed by atoms with van der Waals surface area (Å²) in [4.78, 5) is 22.3. The fraction of sp³-hybridized carbons (Fsp3) is 0.684. The average molecular weight is 355 g/mol. The lowest BCUT2D eigenvalue weighted by Crippen LogP contribution is -2.25. The number of hydrogen-bond donors (Lipinski definition) is 2. The zero-order chi connectivity index (χ0) is 18.8. The van der Waals surface area contributed by atoms with Crippen molar-refractivity contribution in [3.63, 3.8) is 0 Å². The molecule has 0 aliphatic rings. The molecule has 2 N–H and O–H groups in total. The van der Waals surface area contributed by atoms with E-state index in [1.807, 2.05) is 18.2 Å². The van der Waals surface area contributed by atoms with Crippen LogP contribution in [0.15, 0.2) is 24.3 Å². The highest BCUT2D eigenvalue weighted by atomic mass is 16.5. The number of allylic oxidation sites excluding steroid dienone is 2. The van der Waals surface area contributed by atoms with Gasteiger partial charge in [-0.3, -0.25) is 4.79 Å². The van der Waals surface area contributed by atoms with E-state index in [-0.39, 0.29) is 18.7 Å². The molecule has 0 aromatic carbocycles. The molecule has 0 bridgehead atoms. The Labute approximate surface area is 151 Å². The van der Waals surface area contributed by atoms with Gasteiger partial charge in [0.1, 0.15) is 0 Å². The van der Waals surface area contributed by atoms with Crippen molar-refractivity contribution in [3.05, 3.63) is 24.3 Å². The molecule has 6 nitrogen and oxygen atoms in total. The molecule has 0 aromatic rings. The van der Waals surface area contributed by atoms with Gasteiger partial charge in [0, 0.05) is 13.0 Å². The number of ether oxygens (including phenoxy) is 2. The Balaban J connectivity index is 3.53. The quantitative estimate of drug-likeness (QED) is 0.283. The largest absolute Gasteiger partial charge is 0.469 e. The number of alkyl carbamates (subject to hydrolysis) is 1. The second-order valence-electron chi connectivity index (χ2n) is 5.76. The van der Waals surface area contributed by atoms with Crippen LogP contribution in [-0.2, 0) is 14.3 Å². The van der Waals surface area contributed by atoms with Crippen LogP contribution in [0.25, 0.3) is 0 Å². The Kier molecular flexibility index (Phi) is 15.8. The molecule has 0 fully saturated rings. The summed E-state index contributed by atoms with van der Waals surface area (Å²) in [5, 5.41) is 12.3. The van der Waals surface area contributed by atoms with E-state index in [9.17, 15) is 14.7 Å². The van der Waals surface area contributed by atoms with E-state index in [1.165, 1.54) is 7.11 Å². The van der Waals surface area contributed by atoms with Crippen LogP contribution in [0.2, 0.25) is 0 Å². The number of methoxy groups -OCH3 is 1. The minimum absolute atomic E-state index is 0.251. The van der Waals surface area contributed by atoms with E-state index in [0.29, 0.717) is 32.2 Å². The SMILES string of the molecule is CCCCC[C@H](O)/C=C/C=C\CCNC(=O)OCCCCC(=O)OC. The Hall–Kier alpha value is -1.82. The number of rotatable bonds is 14. The zero-order valence-corrected chi connectivity index (χ0v) is 15.5. The van der Waals surface area contributed by atoms with Gasteiger partial charge >= 0.3 is 12.1 Å². The monoisotopic (exact) mass is 355 g/mol. The number of unbranched alkanes of at least 4 members (excludes halogenated alkanes) is 3. The lowest BCUT2D eigenvalue weighted by Gasteiger charge is -2.05. The third kappa shape index (κ3) is 16.8. The first-order valence-corrected chi connectivity index (χ1v) is 9.09. The molecule has 0 saturated heterocycles. The molecule has 0 aliphatic carbocycles. The Morgan fingerprint density at radius 1 is 1.16 bits per heavy atom. The normalized spacial score (nSPS) is 12.4. The number of aliphatic hydroxyl groups excluding tert-OH is 1. The molecule has 0 radical (unpaired) electrons. The van der Waals surface area contributed by atoms with Crippen molar-refractivity contribution in [1.82, 2.24) is 5.32 Å². The van der Waals surface area contributed by atoms with E-state index in [0.717, 1.165) is 25.7 Å². The number of carbonyl (C=O) groups is 2. The van der Waals surface area contributed by atoms with E-state index in [1.54, 1.807) is 6.08 Å². The Morgan fingerprint density at radius 3 is 2.68 bits per heavy atom. The minimum atomic E-state index is -0.451. The third-order valence-electron chi connectivity index (χ3n) is 3.50. The summed E-state index contributed by atoms with van der Waals surface area (Å²) < 4.78 is 9.51. The molecule has 0 unspecified atom stereocenters. The summed E-state index contributed by atoms with van der Waals surface area (Å²) in [6.07, 6.45) is 13.0. The van der Waals surface area contributed by atoms with Crippen LogP contribution in [0.1, 0.15) is 58.3 Å². The van der Waals surface area contributed by atoms with Crippen LogP contribution in [0.4, 0.5) is 4.79 Å². The fourth-order valence-corrected chi connectivity index (χ4v) is 2.01. The van der Waals surface area contributed by atoms with Crippen LogP contribution in [0, 0.1) is 0 Å². The van der Waals surface area contributed by atoms with Crippen molar-refractivity contribution in [2.45, 2.75) is 64.4 Å². The highest BCUT2D eigenvalue weighted by Gasteiger charge is 2.02. The van der Waals surface area contributed by atoms with Gasteiger partial charge in [0.2, 0.25) is 0 Å². The molecule has 0 spiro atoms. The summed E-state index contributed by atoms with van der Waals surface area (Å²) in [5.41, 5.74) is 0. The predicted octanol–water partition coefficient (Wildman–Crippen LogP) is 3.50. The fourth-order valence-electron chi connectivity index (χ4n) is 2.01. The molecule has 0 rings (SSSR count). The number of aliphatic hydroxyl groups is 1. The van der Waals surface area contributed by atoms with Gasteiger partial charge in [-0.1, -0.05) is 50.5 Å². The molecule has 25 heavy (non-hydrogen) atoms. The van der Waals surface area contributed by atoms with E-state index < -0.39 is 6.09 Å². The maximum Gasteiger partial charge on any atom is 0.407 e. The Morgan fingerprint density at radius 2 is 1.96 bits per heavy atom. The van der Waals surface area contributed by atoms with Crippen molar-refractivity contribution in [1.29, 1.82) is 0 Å². The first-order chi connectivity index (χ1) is 12.1. The molecular weight excluding hydrogens is 322 g/mol. The summed E-state index contributed by atoms with van der Waals surface area (Å²) in [6, 6.07) is 0. The molecule has 0 aromatic heterocycles. The maximum absolute atomic E-state index is 11.4. The number of carbonyl (C=O) groups excluding carboxylic acids is 2. The van der Waals surface area contributed by atoms with Crippen molar-refractivity contribution in [3.8, 4) is 0 Å². The first-order valence-electron chi connectivity index (χ1n) is 9.09. The Bertz CT molecular complexity index is 407. The lowest BCUT2D eigenvalue weighted by atomic mass is 10.1. The van der Waals surface area contributed by atoms with Gasteiger partial charge in [0.15, 0.2) is 0 Å². The molecule has 6 heteroatoms. The maximum atomic E-state index is 11.4. The van der Waals surface area contributed by atoms with Crippen molar-refractivity contribution < 1.29 is 24.2 Å². The van der Waals surface area contributed by atoms with Crippen molar-refractivity contribution >= 4 is 12.1 Å². The number of esters is 1. The number of nitrogens with one attached hydrogen (secondary N) is 1. The van der Waals surface area contributed by atoms with Gasteiger partial charge in [-0.05, 0) is 25.7 Å². The van der Waals surface area contributed by atoms with Gasteiger partial charge in [0.25, 0.3) is 0 Å². The van der Waals surface area contributed by atoms with Crippen LogP contribution < -0.4 is 5.32 Å². The molecule has 1 amide bonds. The lowest BCUT2D eigenvalue weighted by molar-refractivity contribution is -0.140. The van der Waals surface area contributed by atoms with Crippen molar-refractivity contribution in [2.24, 2.45) is 0 Å².